The summed E-state index contributed by atoms with van der Waals surface area (Å²) in [5.74, 6) is -1.50. The van der Waals surface area contributed by atoms with Crippen LogP contribution in [0.2, 0.25) is 0 Å². The molecule has 0 aliphatic carbocycles. The van der Waals surface area contributed by atoms with Gasteiger partial charge in [-0.2, -0.15) is 0 Å². The number of carbonyl (C=O) groups excluding carboxylic acids is 1. The van der Waals surface area contributed by atoms with Crippen molar-refractivity contribution in [2.45, 2.75) is 6.92 Å². The van der Waals surface area contributed by atoms with E-state index in [-0.39, 0.29) is 5.91 Å². The molecule has 0 atom stereocenters. The zero-order valence-corrected chi connectivity index (χ0v) is 8.83. The van der Waals surface area contributed by atoms with E-state index in [0.717, 1.165) is 12.2 Å². The summed E-state index contributed by atoms with van der Waals surface area (Å²) in [4.78, 5) is 27.2. The van der Waals surface area contributed by atoms with Gasteiger partial charge in [0, 0.05) is 36.8 Å². The molecule has 0 aliphatic rings. The van der Waals surface area contributed by atoms with Crippen molar-refractivity contribution in [3.63, 3.8) is 0 Å². The number of rotatable bonds is 4. The predicted molar refractivity (Wildman–Crippen MR) is 59.0 cm³/mol. The minimum atomic E-state index is -1.14. The normalized spacial score (nSPS) is 10.3. The Bertz CT molecular complexity index is 401. The number of aliphatic carboxylic acids is 1. The first-order valence-electron chi connectivity index (χ1n) is 4.77. The first-order valence-corrected chi connectivity index (χ1v) is 4.77. The Labute approximate surface area is 93.0 Å². The van der Waals surface area contributed by atoms with Gasteiger partial charge in [-0.05, 0) is 19.1 Å². The van der Waals surface area contributed by atoms with Crippen molar-refractivity contribution in [3.8, 4) is 0 Å². The third-order valence-electron chi connectivity index (χ3n) is 1.93. The highest BCUT2D eigenvalue weighted by Crippen LogP contribution is 2.12. The maximum atomic E-state index is 11.6. The number of aromatic nitrogens is 1. The Hall–Kier alpha value is -2.17. The number of anilines is 1. The molecular formula is C11H12N2O3. The Morgan fingerprint density at radius 2 is 2.00 bits per heavy atom. The molecule has 0 radical (unpaired) electrons. The summed E-state index contributed by atoms with van der Waals surface area (Å²) >= 11 is 0. The first kappa shape index (κ1) is 11.9. The number of pyridine rings is 1. The molecule has 16 heavy (non-hydrogen) atoms. The van der Waals surface area contributed by atoms with Crippen molar-refractivity contribution in [1.29, 1.82) is 0 Å². The molecule has 0 fully saturated rings. The van der Waals surface area contributed by atoms with Gasteiger partial charge < -0.3 is 10.0 Å². The number of hydrogen-bond donors (Lipinski definition) is 1. The average Bonchev–Trinajstić information content (AvgIpc) is 2.29. The lowest BCUT2D eigenvalue weighted by Crippen LogP contribution is -2.28. The van der Waals surface area contributed by atoms with Gasteiger partial charge in [-0.15, -0.1) is 0 Å². The quantitative estimate of drug-likeness (QED) is 0.770. The highest BCUT2D eigenvalue weighted by Gasteiger charge is 2.10. The van der Waals surface area contributed by atoms with Gasteiger partial charge in [0.2, 0.25) is 0 Å². The third-order valence-corrected chi connectivity index (χ3v) is 1.93. The van der Waals surface area contributed by atoms with Crippen LogP contribution in [-0.4, -0.2) is 28.5 Å². The van der Waals surface area contributed by atoms with E-state index in [9.17, 15) is 9.59 Å². The van der Waals surface area contributed by atoms with Gasteiger partial charge in [-0.3, -0.25) is 9.78 Å². The first-order chi connectivity index (χ1) is 7.65. The fourth-order valence-electron chi connectivity index (χ4n) is 1.22. The van der Waals surface area contributed by atoms with Crippen LogP contribution in [0.15, 0.2) is 36.7 Å². The molecule has 5 heteroatoms. The second-order valence-corrected chi connectivity index (χ2v) is 2.96. The van der Waals surface area contributed by atoms with Crippen LogP contribution in [0.5, 0.6) is 0 Å². The van der Waals surface area contributed by atoms with E-state index in [1.807, 2.05) is 6.92 Å². The van der Waals surface area contributed by atoms with Crippen molar-refractivity contribution in [3.05, 3.63) is 36.7 Å². The molecule has 0 aliphatic heterocycles. The topological polar surface area (TPSA) is 70.5 Å². The molecule has 1 N–H and O–H groups in total. The van der Waals surface area contributed by atoms with Crippen molar-refractivity contribution >= 4 is 17.6 Å². The molecule has 5 nitrogen and oxygen atoms in total. The Balaban J connectivity index is 2.83. The largest absolute Gasteiger partial charge is 0.478 e. The molecule has 0 saturated heterocycles. The zero-order chi connectivity index (χ0) is 12.0. The fraction of sp³-hybridized carbons (Fsp3) is 0.182. The number of nitrogens with zero attached hydrogens (tertiary/aromatic N) is 2. The van der Waals surface area contributed by atoms with Crippen LogP contribution in [-0.2, 0) is 9.59 Å². The smallest absolute Gasteiger partial charge is 0.328 e. The summed E-state index contributed by atoms with van der Waals surface area (Å²) < 4.78 is 0. The standard InChI is InChI=1S/C11H12N2O3/c1-2-13(9-5-7-12-8-6-9)10(14)3-4-11(15)16/h3-8H,2H2,1H3,(H,15,16)/b4-3+. The summed E-state index contributed by atoms with van der Waals surface area (Å²) in [6.07, 6.45) is 5.01. The predicted octanol–water partition coefficient (Wildman–Crippen LogP) is 1.08. The fourth-order valence-corrected chi connectivity index (χ4v) is 1.22. The van der Waals surface area contributed by atoms with Gasteiger partial charge in [-0.25, -0.2) is 4.79 Å². The zero-order valence-electron chi connectivity index (χ0n) is 8.83. The summed E-state index contributed by atoms with van der Waals surface area (Å²) in [7, 11) is 0. The van der Waals surface area contributed by atoms with Gasteiger partial charge in [0.05, 0.1) is 0 Å². The number of carboxylic acid groups (broad SMARTS) is 1. The van der Waals surface area contributed by atoms with E-state index in [2.05, 4.69) is 4.98 Å². The maximum absolute atomic E-state index is 11.6. The van der Waals surface area contributed by atoms with E-state index < -0.39 is 5.97 Å². The van der Waals surface area contributed by atoms with Crippen LogP contribution >= 0.6 is 0 Å². The van der Waals surface area contributed by atoms with Gasteiger partial charge in [0.25, 0.3) is 5.91 Å². The summed E-state index contributed by atoms with van der Waals surface area (Å²) in [6, 6.07) is 3.38. The van der Waals surface area contributed by atoms with Crippen LogP contribution in [0.3, 0.4) is 0 Å². The molecule has 1 aromatic rings. The Morgan fingerprint density at radius 1 is 1.38 bits per heavy atom. The molecular weight excluding hydrogens is 208 g/mol. The van der Waals surface area contributed by atoms with Crippen molar-refractivity contribution < 1.29 is 14.7 Å². The number of carbonyl (C=O) groups is 2. The molecule has 84 valence electrons. The number of hydrogen-bond acceptors (Lipinski definition) is 3. The summed E-state index contributed by atoms with van der Waals surface area (Å²) in [6.45, 7) is 2.28. The number of amides is 1. The molecule has 0 aromatic carbocycles. The van der Waals surface area contributed by atoms with Crippen LogP contribution in [0.25, 0.3) is 0 Å². The van der Waals surface area contributed by atoms with E-state index in [1.54, 1.807) is 24.5 Å². The number of likely N-dealkylation sites (N-methyl/N-ethyl adjacent to an activating group) is 1. The van der Waals surface area contributed by atoms with Crippen LogP contribution in [0, 0.1) is 0 Å². The van der Waals surface area contributed by atoms with Crippen LogP contribution in [0.1, 0.15) is 6.92 Å². The Morgan fingerprint density at radius 3 is 2.50 bits per heavy atom. The van der Waals surface area contributed by atoms with Crippen molar-refractivity contribution in [2.75, 3.05) is 11.4 Å². The second kappa shape index (κ2) is 5.65. The number of carboxylic acids is 1. The van der Waals surface area contributed by atoms with Crippen LogP contribution < -0.4 is 4.90 Å². The van der Waals surface area contributed by atoms with Gasteiger partial charge >= 0.3 is 5.97 Å². The maximum Gasteiger partial charge on any atom is 0.328 e. The van der Waals surface area contributed by atoms with Gasteiger partial charge in [0.15, 0.2) is 0 Å². The van der Waals surface area contributed by atoms with E-state index in [1.165, 1.54) is 4.90 Å². The molecule has 1 heterocycles. The molecule has 0 unspecified atom stereocenters. The van der Waals surface area contributed by atoms with Gasteiger partial charge in [-0.1, -0.05) is 0 Å². The highest BCUT2D eigenvalue weighted by molar-refractivity contribution is 6.03. The monoisotopic (exact) mass is 220 g/mol. The SMILES string of the molecule is CCN(C(=O)/C=C/C(=O)O)c1ccncc1. The summed E-state index contributed by atoms with van der Waals surface area (Å²) in [5.41, 5.74) is 0.692. The molecule has 1 amide bonds. The second-order valence-electron chi connectivity index (χ2n) is 2.96. The summed E-state index contributed by atoms with van der Waals surface area (Å²) in [5, 5.41) is 8.42. The third kappa shape index (κ3) is 3.20. The average molecular weight is 220 g/mol. The van der Waals surface area contributed by atoms with Crippen molar-refractivity contribution in [1.82, 2.24) is 4.98 Å². The molecule has 1 aromatic heterocycles. The van der Waals surface area contributed by atoms with Gasteiger partial charge in [0.1, 0.15) is 0 Å². The lowest BCUT2D eigenvalue weighted by molar-refractivity contribution is -0.131. The Kier molecular flexibility index (Phi) is 4.20. The lowest BCUT2D eigenvalue weighted by Gasteiger charge is -2.18. The van der Waals surface area contributed by atoms with E-state index in [4.69, 9.17) is 5.11 Å². The molecule has 1 rings (SSSR count). The molecule has 0 bridgehead atoms. The molecule has 0 spiro atoms. The van der Waals surface area contributed by atoms with Crippen molar-refractivity contribution in [2.24, 2.45) is 0 Å². The van der Waals surface area contributed by atoms with E-state index >= 15 is 0 Å². The van der Waals surface area contributed by atoms with E-state index in [0.29, 0.717) is 12.2 Å². The highest BCUT2D eigenvalue weighted by atomic mass is 16.4. The minimum absolute atomic E-state index is 0.365. The van der Waals surface area contributed by atoms with Crippen LogP contribution in [0.4, 0.5) is 5.69 Å². The molecule has 0 saturated carbocycles. The minimum Gasteiger partial charge on any atom is -0.478 e. The lowest BCUT2D eigenvalue weighted by atomic mass is 10.3.